The van der Waals surface area contributed by atoms with Crippen molar-refractivity contribution < 1.29 is 19.7 Å². The van der Waals surface area contributed by atoms with Crippen molar-refractivity contribution in [2.24, 2.45) is 7.05 Å². The number of methoxy groups -OCH3 is 1. The smallest absolute Gasteiger partial charge is 0.332 e. The Hall–Kier alpha value is -2.30. The van der Waals surface area contributed by atoms with E-state index in [1.807, 2.05) is 0 Å². The first-order valence-electron chi connectivity index (χ1n) is 6.82. The van der Waals surface area contributed by atoms with Crippen molar-refractivity contribution in [1.29, 1.82) is 0 Å². The van der Waals surface area contributed by atoms with E-state index in [0.717, 1.165) is 9.13 Å². The summed E-state index contributed by atoms with van der Waals surface area (Å²) in [5.74, 6) is -0.438. The van der Waals surface area contributed by atoms with Crippen LogP contribution in [0.5, 0.6) is 0 Å². The van der Waals surface area contributed by atoms with Crippen molar-refractivity contribution in [2.45, 2.75) is 25.8 Å². The molecule has 0 radical (unpaired) electrons. The van der Waals surface area contributed by atoms with Gasteiger partial charge in [0.15, 0.2) is 23.2 Å². The Morgan fingerprint density at radius 1 is 1.39 bits per heavy atom. The van der Waals surface area contributed by atoms with Crippen molar-refractivity contribution in [3.8, 4) is 0 Å². The van der Waals surface area contributed by atoms with Crippen molar-refractivity contribution in [2.75, 3.05) is 13.7 Å². The van der Waals surface area contributed by atoms with E-state index in [2.05, 4.69) is 4.98 Å². The molecule has 0 unspecified atom stereocenters. The summed E-state index contributed by atoms with van der Waals surface area (Å²) in [7, 11) is 2.75. The van der Waals surface area contributed by atoms with Gasteiger partial charge in [0.1, 0.15) is 6.61 Å². The predicted octanol–water partition coefficient (Wildman–Crippen LogP) is -2.02. The van der Waals surface area contributed by atoms with Gasteiger partial charge in [-0.3, -0.25) is 18.7 Å². The number of carbonyl (C=O) groups is 1. The Kier molecular flexibility index (Phi) is 4.78. The van der Waals surface area contributed by atoms with E-state index in [1.165, 1.54) is 32.0 Å². The van der Waals surface area contributed by atoms with Gasteiger partial charge in [0.05, 0.1) is 18.9 Å². The fourth-order valence-corrected chi connectivity index (χ4v) is 2.26. The molecule has 0 aliphatic carbocycles. The highest BCUT2D eigenvalue weighted by atomic mass is 16.5. The fraction of sp³-hybridized carbons (Fsp3) is 0.538. The van der Waals surface area contributed by atoms with E-state index in [9.17, 15) is 24.6 Å². The van der Waals surface area contributed by atoms with Crippen molar-refractivity contribution in [3.63, 3.8) is 0 Å². The Morgan fingerprint density at radius 2 is 2.04 bits per heavy atom. The second-order valence-corrected chi connectivity index (χ2v) is 5.18. The average Bonchev–Trinajstić information content (AvgIpc) is 2.93. The van der Waals surface area contributed by atoms with Gasteiger partial charge in [-0.1, -0.05) is 0 Å². The minimum absolute atomic E-state index is 0.0120. The summed E-state index contributed by atoms with van der Waals surface area (Å²) in [6.45, 7) is 0.825. The van der Waals surface area contributed by atoms with Gasteiger partial charge in [-0.25, -0.2) is 9.78 Å². The highest BCUT2D eigenvalue weighted by Gasteiger charge is 2.22. The Bertz CT molecular complexity index is 846. The third-order valence-electron chi connectivity index (χ3n) is 3.57. The second kappa shape index (κ2) is 6.44. The number of fused-ring (bicyclic) bond motifs is 1. The van der Waals surface area contributed by atoms with Gasteiger partial charge in [-0.2, -0.15) is 0 Å². The molecule has 2 rings (SSSR count). The normalized spacial score (nSPS) is 13.0. The van der Waals surface area contributed by atoms with Crippen LogP contribution in [-0.4, -0.2) is 54.7 Å². The lowest BCUT2D eigenvalue weighted by Gasteiger charge is -2.16. The number of nitrogens with zero attached hydrogens (tertiary/aromatic N) is 4. The quantitative estimate of drug-likeness (QED) is 0.586. The molecule has 2 N–H and O–H groups in total. The number of Topliss-reactive ketones (excluding diaryl/α,β-unsaturated/α-hetero) is 1. The minimum atomic E-state index is -1.72. The van der Waals surface area contributed by atoms with Crippen LogP contribution >= 0.6 is 0 Å². The van der Waals surface area contributed by atoms with Crippen LogP contribution in [0.15, 0.2) is 15.9 Å². The van der Waals surface area contributed by atoms with Crippen LogP contribution in [0.4, 0.5) is 0 Å². The molecular weight excluding hydrogens is 308 g/mol. The molecule has 0 saturated carbocycles. The minimum Gasteiger partial charge on any atom is -0.377 e. The van der Waals surface area contributed by atoms with E-state index in [0.29, 0.717) is 0 Å². The summed E-state index contributed by atoms with van der Waals surface area (Å²) in [4.78, 5) is 40.5. The summed E-state index contributed by atoms with van der Waals surface area (Å²) >= 11 is 0. The SMILES string of the molecule is COCC(=O)Cn1c(=O)c2c(ncn2[C@@H](C)C(O)O)n(C)c1=O. The van der Waals surface area contributed by atoms with Crippen LogP contribution in [0.25, 0.3) is 11.2 Å². The monoisotopic (exact) mass is 326 g/mol. The molecule has 0 bridgehead atoms. The second-order valence-electron chi connectivity index (χ2n) is 5.18. The van der Waals surface area contributed by atoms with Crippen LogP contribution in [0, 0.1) is 0 Å². The van der Waals surface area contributed by atoms with Crippen molar-refractivity contribution in [1.82, 2.24) is 18.7 Å². The number of aliphatic hydroxyl groups is 2. The molecular formula is C13H18N4O6. The number of imidazole rings is 1. The largest absolute Gasteiger partial charge is 0.377 e. The summed E-state index contributed by atoms with van der Waals surface area (Å²) in [5.41, 5.74) is -1.30. The molecule has 0 aliphatic heterocycles. The number of aliphatic hydroxyl groups excluding tert-OH is 1. The fourth-order valence-electron chi connectivity index (χ4n) is 2.26. The molecule has 2 aromatic heterocycles. The van der Waals surface area contributed by atoms with Crippen LogP contribution in [0.3, 0.4) is 0 Å². The molecule has 2 heterocycles. The molecule has 0 spiro atoms. The zero-order valence-electron chi connectivity index (χ0n) is 13.0. The molecule has 126 valence electrons. The first kappa shape index (κ1) is 17.1. The highest BCUT2D eigenvalue weighted by Crippen LogP contribution is 2.15. The van der Waals surface area contributed by atoms with Crippen LogP contribution in [-0.2, 0) is 23.1 Å². The van der Waals surface area contributed by atoms with Gasteiger partial charge in [0, 0.05) is 14.2 Å². The number of aryl methyl sites for hydroxylation is 1. The van der Waals surface area contributed by atoms with Gasteiger partial charge in [-0.05, 0) is 6.92 Å². The number of ketones is 1. The molecule has 0 aromatic carbocycles. The van der Waals surface area contributed by atoms with Gasteiger partial charge in [0.2, 0.25) is 0 Å². The van der Waals surface area contributed by atoms with Gasteiger partial charge < -0.3 is 19.5 Å². The van der Waals surface area contributed by atoms with E-state index >= 15 is 0 Å². The summed E-state index contributed by atoms with van der Waals surface area (Å²) < 4.78 is 7.86. The third-order valence-corrected chi connectivity index (χ3v) is 3.57. The topological polar surface area (TPSA) is 129 Å². The molecule has 0 amide bonds. The molecule has 10 heteroatoms. The lowest BCUT2D eigenvalue weighted by Crippen LogP contribution is -2.42. The van der Waals surface area contributed by atoms with Crippen molar-refractivity contribution >= 4 is 16.9 Å². The Labute approximate surface area is 130 Å². The number of hydrogen-bond donors (Lipinski definition) is 2. The average molecular weight is 326 g/mol. The molecule has 0 saturated heterocycles. The van der Waals surface area contributed by atoms with Gasteiger partial charge in [-0.15, -0.1) is 0 Å². The van der Waals surface area contributed by atoms with Crippen molar-refractivity contribution in [3.05, 3.63) is 27.2 Å². The highest BCUT2D eigenvalue weighted by molar-refractivity contribution is 5.80. The lowest BCUT2D eigenvalue weighted by atomic mass is 10.3. The number of ether oxygens (including phenoxy) is 1. The summed E-state index contributed by atoms with van der Waals surface area (Å²) in [6, 6.07) is -0.853. The van der Waals surface area contributed by atoms with Gasteiger partial charge in [0.25, 0.3) is 5.56 Å². The Morgan fingerprint density at radius 3 is 2.61 bits per heavy atom. The molecule has 0 aliphatic rings. The number of aromatic nitrogens is 4. The first-order chi connectivity index (χ1) is 10.8. The van der Waals surface area contributed by atoms with Crippen LogP contribution < -0.4 is 11.2 Å². The van der Waals surface area contributed by atoms with E-state index in [-0.39, 0.29) is 17.8 Å². The van der Waals surface area contributed by atoms with Crippen LogP contribution in [0.1, 0.15) is 13.0 Å². The number of rotatable bonds is 6. The molecule has 0 fully saturated rings. The standard InChI is InChI=1S/C13H18N4O6/c1-7(12(20)21)17-6-14-10-9(17)11(19)16(13(22)15(10)2)4-8(18)5-23-3/h6-7,12,20-21H,4-5H2,1-3H3/t7-/m0/s1. The Balaban J connectivity index is 2.70. The maximum absolute atomic E-state index is 12.6. The number of carbonyl (C=O) groups excluding carboxylic acids is 1. The number of hydrogen-bond acceptors (Lipinski definition) is 7. The maximum atomic E-state index is 12.6. The summed E-state index contributed by atoms with van der Waals surface area (Å²) in [6.07, 6.45) is -0.468. The van der Waals surface area contributed by atoms with Crippen LogP contribution in [0.2, 0.25) is 0 Å². The zero-order valence-corrected chi connectivity index (χ0v) is 13.0. The molecule has 23 heavy (non-hydrogen) atoms. The predicted molar refractivity (Wildman–Crippen MR) is 79.1 cm³/mol. The van der Waals surface area contributed by atoms with E-state index in [1.54, 1.807) is 0 Å². The molecule has 10 nitrogen and oxygen atoms in total. The molecule has 1 atom stereocenters. The van der Waals surface area contributed by atoms with E-state index in [4.69, 9.17) is 4.74 Å². The summed E-state index contributed by atoms with van der Waals surface area (Å²) in [5, 5.41) is 18.6. The van der Waals surface area contributed by atoms with Gasteiger partial charge >= 0.3 is 5.69 Å². The first-order valence-corrected chi connectivity index (χ1v) is 6.82. The third kappa shape index (κ3) is 2.96. The zero-order chi connectivity index (χ0) is 17.3. The maximum Gasteiger partial charge on any atom is 0.332 e. The lowest BCUT2D eigenvalue weighted by molar-refractivity contribution is -0.123. The molecule has 2 aromatic rings. The van der Waals surface area contributed by atoms with E-state index < -0.39 is 35.9 Å².